The van der Waals surface area contributed by atoms with Gasteiger partial charge in [-0.15, -0.1) is 0 Å². The Balaban J connectivity index is 1.74. The molecular formula is C19H24F2N2O6S. The van der Waals surface area contributed by atoms with Crippen LogP contribution in [0.25, 0.3) is 0 Å². The zero-order chi connectivity index (χ0) is 21.7. The zero-order valence-corrected chi connectivity index (χ0v) is 17.3. The van der Waals surface area contributed by atoms with Crippen LogP contribution in [0.5, 0.6) is 5.75 Å². The standard InChI is InChI=1S/C19H24F2N2O6S/c1-27-19(25)29-16-10-14(13-2-4-15(5-3-13)28-17(20)21)11-23(12-16)18(24)22-6-8-30(26)9-7-22/h2-5,14,16-17H,6-12H2,1H3. The van der Waals surface area contributed by atoms with E-state index in [9.17, 15) is 22.6 Å². The van der Waals surface area contributed by atoms with Gasteiger partial charge >= 0.3 is 18.8 Å². The molecule has 2 amide bonds. The number of rotatable bonds is 4. The summed E-state index contributed by atoms with van der Waals surface area (Å²) >= 11 is 0. The molecule has 11 heteroatoms. The van der Waals surface area contributed by atoms with Gasteiger partial charge < -0.3 is 24.0 Å². The highest BCUT2D eigenvalue weighted by Crippen LogP contribution is 2.31. The van der Waals surface area contributed by atoms with E-state index >= 15 is 0 Å². The van der Waals surface area contributed by atoms with Crippen LogP contribution >= 0.6 is 0 Å². The summed E-state index contributed by atoms with van der Waals surface area (Å²) in [6.07, 6.45) is -0.948. The second-order valence-corrected chi connectivity index (χ2v) is 8.79. The first-order valence-electron chi connectivity index (χ1n) is 9.54. The van der Waals surface area contributed by atoms with Crippen LogP contribution in [0.4, 0.5) is 18.4 Å². The molecule has 2 heterocycles. The van der Waals surface area contributed by atoms with Gasteiger partial charge in [0, 0.05) is 47.9 Å². The normalized spacial score (nSPS) is 22.7. The van der Waals surface area contributed by atoms with Crippen LogP contribution in [0.3, 0.4) is 0 Å². The number of carbonyl (C=O) groups excluding carboxylic acids is 2. The minimum atomic E-state index is -2.91. The molecule has 0 aromatic heterocycles. The van der Waals surface area contributed by atoms with Crippen molar-refractivity contribution in [1.29, 1.82) is 0 Å². The Kier molecular flexibility index (Phi) is 7.46. The number of benzene rings is 1. The summed E-state index contributed by atoms with van der Waals surface area (Å²) in [5.41, 5.74) is 0.812. The first-order valence-corrected chi connectivity index (χ1v) is 11.0. The summed E-state index contributed by atoms with van der Waals surface area (Å²) < 4.78 is 50.6. The number of carbonyl (C=O) groups is 2. The Morgan fingerprint density at radius 3 is 2.37 bits per heavy atom. The Morgan fingerprint density at radius 1 is 1.10 bits per heavy atom. The van der Waals surface area contributed by atoms with Gasteiger partial charge in [0.15, 0.2) is 0 Å². The van der Waals surface area contributed by atoms with Gasteiger partial charge in [0.2, 0.25) is 0 Å². The molecule has 0 aliphatic carbocycles. The van der Waals surface area contributed by atoms with E-state index in [-0.39, 0.29) is 24.2 Å². The number of halogens is 2. The van der Waals surface area contributed by atoms with Crippen molar-refractivity contribution in [3.63, 3.8) is 0 Å². The van der Waals surface area contributed by atoms with Crippen LogP contribution < -0.4 is 4.74 Å². The Labute approximate surface area is 175 Å². The smallest absolute Gasteiger partial charge is 0.438 e. The van der Waals surface area contributed by atoms with Gasteiger partial charge in [-0.05, 0) is 24.1 Å². The Bertz CT molecular complexity index is 769. The minimum Gasteiger partial charge on any atom is -0.438 e. The first-order chi connectivity index (χ1) is 14.4. The molecule has 2 saturated heterocycles. The number of piperidine rings is 1. The molecule has 3 rings (SSSR count). The summed E-state index contributed by atoms with van der Waals surface area (Å²) in [7, 11) is 0.304. The average molecular weight is 446 g/mol. The lowest BCUT2D eigenvalue weighted by Crippen LogP contribution is -2.54. The summed E-state index contributed by atoms with van der Waals surface area (Å²) in [5.74, 6) is 0.756. The quantitative estimate of drug-likeness (QED) is 0.661. The molecule has 1 aromatic rings. The molecule has 0 radical (unpaired) electrons. The number of hydrogen-bond acceptors (Lipinski definition) is 6. The molecule has 0 saturated carbocycles. The molecule has 0 bridgehead atoms. The second kappa shape index (κ2) is 10.1. The third kappa shape index (κ3) is 5.80. The molecule has 2 unspecified atom stereocenters. The fraction of sp³-hybridized carbons (Fsp3) is 0.579. The van der Waals surface area contributed by atoms with Crippen LogP contribution in [0.1, 0.15) is 17.9 Å². The predicted octanol–water partition coefficient (Wildman–Crippen LogP) is 2.41. The lowest BCUT2D eigenvalue weighted by molar-refractivity contribution is -0.0498. The molecule has 0 N–H and O–H groups in total. The van der Waals surface area contributed by atoms with Gasteiger partial charge in [-0.3, -0.25) is 4.21 Å². The number of ether oxygens (including phenoxy) is 3. The van der Waals surface area contributed by atoms with Gasteiger partial charge in [-0.25, -0.2) is 9.59 Å². The molecule has 166 valence electrons. The molecule has 8 nitrogen and oxygen atoms in total. The fourth-order valence-electron chi connectivity index (χ4n) is 3.67. The maximum absolute atomic E-state index is 13.0. The highest BCUT2D eigenvalue weighted by molar-refractivity contribution is 7.85. The van der Waals surface area contributed by atoms with Gasteiger partial charge in [-0.2, -0.15) is 8.78 Å². The Morgan fingerprint density at radius 2 is 1.77 bits per heavy atom. The van der Waals surface area contributed by atoms with Crippen molar-refractivity contribution >= 4 is 23.0 Å². The zero-order valence-electron chi connectivity index (χ0n) is 16.5. The van der Waals surface area contributed by atoms with Crippen molar-refractivity contribution < 1.29 is 36.8 Å². The SMILES string of the molecule is COC(=O)OC1CC(c2ccc(OC(F)F)cc2)CN(C(=O)N2CCS(=O)CC2)C1. The van der Waals surface area contributed by atoms with E-state index in [1.807, 2.05) is 0 Å². The van der Waals surface area contributed by atoms with E-state index < -0.39 is 29.7 Å². The number of likely N-dealkylation sites (tertiary alicyclic amines) is 1. The van der Waals surface area contributed by atoms with Gasteiger partial charge in [0.1, 0.15) is 11.9 Å². The van der Waals surface area contributed by atoms with E-state index in [4.69, 9.17) is 4.74 Å². The summed E-state index contributed by atoms with van der Waals surface area (Å²) in [4.78, 5) is 27.9. The molecule has 1 aromatic carbocycles. The molecule has 2 fully saturated rings. The highest BCUT2D eigenvalue weighted by Gasteiger charge is 2.35. The van der Waals surface area contributed by atoms with Crippen molar-refractivity contribution in [2.24, 2.45) is 0 Å². The van der Waals surface area contributed by atoms with Crippen molar-refractivity contribution in [3.8, 4) is 5.75 Å². The van der Waals surface area contributed by atoms with Crippen LogP contribution in [0.2, 0.25) is 0 Å². The number of hydrogen-bond donors (Lipinski definition) is 0. The van der Waals surface area contributed by atoms with Crippen LogP contribution in [-0.4, -0.2) is 83.7 Å². The predicted molar refractivity (Wildman–Crippen MR) is 104 cm³/mol. The maximum Gasteiger partial charge on any atom is 0.508 e. The summed E-state index contributed by atoms with van der Waals surface area (Å²) in [5, 5.41) is 0. The topological polar surface area (TPSA) is 85.4 Å². The summed E-state index contributed by atoms with van der Waals surface area (Å²) in [6, 6.07) is 6.01. The molecule has 2 atom stereocenters. The van der Waals surface area contributed by atoms with Crippen LogP contribution in [-0.2, 0) is 20.3 Å². The molecule has 2 aliphatic rings. The second-order valence-electron chi connectivity index (χ2n) is 7.10. The van der Waals surface area contributed by atoms with E-state index in [0.717, 1.165) is 5.56 Å². The monoisotopic (exact) mass is 446 g/mol. The van der Waals surface area contributed by atoms with Crippen molar-refractivity contribution in [1.82, 2.24) is 9.80 Å². The molecule has 2 aliphatic heterocycles. The Hall–Kier alpha value is -2.43. The largest absolute Gasteiger partial charge is 0.508 e. The van der Waals surface area contributed by atoms with Crippen molar-refractivity contribution in [2.75, 3.05) is 44.8 Å². The number of alkyl halides is 2. The molecule has 30 heavy (non-hydrogen) atoms. The lowest BCUT2D eigenvalue weighted by atomic mass is 9.89. The van der Waals surface area contributed by atoms with E-state index in [0.29, 0.717) is 37.6 Å². The molecular weight excluding hydrogens is 422 g/mol. The number of urea groups is 1. The summed E-state index contributed by atoms with van der Waals surface area (Å²) in [6.45, 7) is -1.48. The maximum atomic E-state index is 13.0. The number of methoxy groups -OCH3 is 1. The fourth-order valence-corrected chi connectivity index (χ4v) is 4.72. The van der Waals surface area contributed by atoms with E-state index in [2.05, 4.69) is 9.47 Å². The van der Waals surface area contributed by atoms with E-state index in [1.54, 1.807) is 21.9 Å². The van der Waals surface area contributed by atoms with Crippen molar-refractivity contribution in [2.45, 2.75) is 25.1 Å². The third-order valence-corrected chi connectivity index (χ3v) is 6.41. The van der Waals surface area contributed by atoms with Crippen LogP contribution in [0, 0.1) is 0 Å². The van der Waals surface area contributed by atoms with E-state index in [1.165, 1.54) is 19.2 Å². The highest BCUT2D eigenvalue weighted by atomic mass is 32.2. The number of amides is 2. The van der Waals surface area contributed by atoms with Crippen molar-refractivity contribution in [3.05, 3.63) is 29.8 Å². The van der Waals surface area contributed by atoms with Crippen LogP contribution in [0.15, 0.2) is 24.3 Å². The van der Waals surface area contributed by atoms with Gasteiger partial charge in [0.25, 0.3) is 0 Å². The minimum absolute atomic E-state index is 0.0427. The average Bonchev–Trinajstić information content (AvgIpc) is 2.73. The molecule has 0 spiro atoms. The first kappa shape index (κ1) is 22.3. The van der Waals surface area contributed by atoms with Gasteiger partial charge in [0.05, 0.1) is 13.7 Å². The third-order valence-electron chi connectivity index (χ3n) is 5.14. The van der Waals surface area contributed by atoms with Gasteiger partial charge in [-0.1, -0.05) is 12.1 Å². The number of nitrogens with zero attached hydrogens (tertiary/aromatic N) is 2. The lowest BCUT2D eigenvalue weighted by Gasteiger charge is -2.40.